The summed E-state index contributed by atoms with van der Waals surface area (Å²) in [5, 5.41) is 0. The van der Waals surface area contributed by atoms with Crippen LogP contribution < -0.4 is 4.90 Å². The molecule has 0 N–H and O–H groups in total. The van der Waals surface area contributed by atoms with Crippen molar-refractivity contribution in [1.29, 1.82) is 0 Å². The first kappa shape index (κ1) is 10.1. The van der Waals surface area contributed by atoms with E-state index in [0.717, 1.165) is 25.9 Å². The molecule has 0 atom stereocenters. The van der Waals surface area contributed by atoms with E-state index in [2.05, 4.69) is 0 Å². The van der Waals surface area contributed by atoms with Crippen molar-refractivity contribution in [3.05, 3.63) is 27.3 Å². The summed E-state index contributed by atoms with van der Waals surface area (Å²) in [5.41, 5.74) is 0.433. The van der Waals surface area contributed by atoms with Gasteiger partial charge in [0.1, 0.15) is 11.6 Å². The summed E-state index contributed by atoms with van der Waals surface area (Å²) < 4.78 is 27.1. The van der Waals surface area contributed by atoms with Crippen LogP contribution in [0.1, 0.15) is 12.8 Å². The van der Waals surface area contributed by atoms with Gasteiger partial charge >= 0.3 is 0 Å². The molecule has 0 spiro atoms. The number of benzene rings is 1. The molecule has 4 heteroatoms. The smallest absolute Gasteiger partial charge is 0.147 e. The van der Waals surface area contributed by atoms with Crippen LogP contribution in [-0.4, -0.2) is 13.1 Å². The first-order chi connectivity index (χ1) is 6.70. The highest BCUT2D eigenvalue weighted by atomic mass is 127. The molecule has 76 valence electrons. The monoisotopic (exact) mass is 309 g/mol. The van der Waals surface area contributed by atoms with Gasteiger partial charge in [-0.05, 0) is 47.6 Å². The average molecular weight is 309 g/mol. The zero-order chi connectivity index (χ0) is 10.1. The normalized spacial score (nSPS) is 16.4. The topological polar surface area (TPSA) is 3.24 Å². The molecule has 1 fully saturated rings. The van der Waals surface area contributed by atoms with Gasteiger partial charge in [0, 0.05) is 13.1 Å². The summed E-state index contributed by atoms with van der Waals surface area (Å²) in [6, 6.07) is 2.38. The van der Waals surface area contributed by atoms with E-state index in [0.29, 0.717) is 9.26 Å². The Kier molecular flexibility index (Phi) is 2.90. The molecule has 1 aromatic carbocycles. The predicted molar refractivity (Wildman–Crippen MR) is 60.5 cm³/mol. The number of rotatable bonds is 1. The van der Waals surface area contributed by atoms with Gasteiger partial charge in [0.15, 0.2) is 0 Å². The Bertz CT molecular complexity index is 348. The maximum absolute atomic E-state index is 13.5. The molecule has 0 bridgehead atoms. The predicted octanol–water partition coefficient (Wildman–Crippen LogP) is 3.17. The standard InChI is InChI=1S/C10H10F2IN/c11-7-3-4-8(12)10(9(7)13)14-5-1-2-6-14/h3-4H,1-2,5-6H2. The van der Waals surface area contributed by atoms with E-state index < -0.39 is 0 Å². The molecule has 0 unspecified atom stereocenters. The van der Waals surface area contributed by atoms with Gasteiger partial charge in [0.25, 0.3) is 0 Å². The van der Waals surface area contributed by atoms with Crippen molar-refractivity contribution in [2.24, 2.45) is 0 Å². The van der Waals surface area contributed by atoms with Gasteiger partial charge in [0.05, 0.1) is 9.26 Å². The molecule has 0 radical (unpaired) electrons. The summed E-state index contributed by atoms with van der Waals surface area (Å²) in [5.74, 6) is -0.661. The van der Waals surface area contributed by atoms with Crippen LogP contribution in [0.25, 0.3) is 0 Å². The van der Waals surface area contributed by atoms with Gasteiger partial charge in [-0.3, -0.25) is 0 Å². The molecule has 1 aliphatic heterocycles. The quantitative estimate of drug-likeness (QED) is 0.569. The minimum Gasteiger partial charge on any atom is -0.368 e. The van der Waals surface area contributed by atoms with Gasteiger partial charge < -0.3 is 4.90 Å². The summed E-state index contributed by atoms with van der Waals surface area (Å²) in [7, 11) is 0. The number of nitrogens with zero attached hydrogens (tertiary/aromatic N) is 1. The second-order valence-corrected chi connectivity index (χ2v) is 4.46. The Hall–Kier alpha value is -0.390. The molecule has 0 amide bonds. The molecule has 1 heterocycles. The zero-order valence-electron chi connectivity index (χ0n) is 7.56. The van der Waals surface area contributed by atoms with Crippen LogP contribution in [0.5, 0.6) is 0 Å². The van der Waals surface area contributed by atoms with E-state index in [1.165, 1.54) is 12.1 Å². The van der Waals surface area contributed by atoms with Crippen molar-refractivity contribution in [2.75, 3.05) is 18.0 Å². The highest BCUT2D eigenvalue weighted by molar-refractivity contribution is 14.1. The largest absolute Gasteiger partial charge is 0.368 e. The SMILES string of the molecule is Fc1ccc(F)c(N2CCCC2)c1I. The number of anilines is 1. The number of halogens is 3. The third-order valence-corrected chi connectivity index (χ3v) is 3.47. The van der Waals surface area contributed by atoms with Crippen LogP contribution in [0.15, 0.2) is 12.1 Å². The van der Waals surface area contributed by atoms with E-state index in [1.807, 2.05) is 27.5 Å². The minimum absolute atomic E-state index is 0.322. The second kappa shape index (κ2) is 4.00. The summed E-state index contributed by atoms with van der Waals surface area (Å²) >= 11 is 1.86. The molecule has 0 aliphatic carbocycles. The molecule has 14 heavy (non-hydrogen) atoms. The lowest BCUT2D eigenvalue weighted by Crippen LogP contribution is -2.20. The van der Waals surface area contributed by atoms with Crippen LogP contribution in [0, 0.1) is 15.2 Å². The van der Waals surface area contributed by atoms with Crippen LogP contribution in [0.3, 0.4) is 0 Å². The van der Waals surface area contributed by atoms with Crippen molar-refractivity contribution in [1.82, 2.24) is 0 Å². The van der Waals surface area contributed by atoms with Crippen molar-refractivity contribution in [2.45, 2.75) is 12.8 Å². The highest BCUT2D eigenvalue weighted by Crippen LogP contribution is 2.30. The van der Waals surface area contributed by atoms with Crippen molar-refractivity contribution in [3.63, 3.8) is 0 Å². The van der Waals surface area contributed by atoms with E-state index in [-0.39, 0.29) is 11.6 Å². The Morgan fingerprint density at radius 2 is 1.64 bits per heavy atom. The zero-order valence-corrected chi connectivity index (χ0v) is 9.72. The molecule has 0 saturated carbocycles. The molecular weight excluding hydrogens is 299 g/mol. The fourth-order valence-electron chi connectivity index (χ4n) is 1.75. The molecule has 1 aromatic rings. The van der Waals surface area contributed by atoms with E-state index in [4.69, 9.17) is 0 Å². The highest BCUT2D eigenvalue weighted by Gasteiger charge is 2.20. The van der Waals surface area contributed by atoms with Crippen LogP contribution in [0.4, 0.5) is 14.5 Å². The van der Waals surface area contributed by atoms with Crippen molar-refractivity contribution < 1.29 is 8.78 Å². The molecule has 1 aliphatic rings. The van der Waals surface area contributed by atoms with E-state index >= 15 is 0 Å². The van der Waals surface area contributed by atoms with Crippen LogP contribution in [-0.2, 0) is 0 Å². The Morgan fingerprint density at radius 3 is 2.29 bits per heavy atom. The lowest BCUT2D eigenvalue weighted by Gasteiger charge is -2.20. The first-order valence-electron chi connectivity index (χ1n) is 4.58. The lowest BCUT2D eigenvalue weighted by molar-refractivity contribution is 0.590. The first-order valence-corrected chi connectivity index (χ1v) is 5.66. The lowest BCUT2D eigenvalue weighted by atomic mass is 10.2. The van der Waals surface area contributed by atoms with E-state index in [1.54, 1.807) is 0 Å². The average Bonchev–Trinajstić information content (AvgIpc) is 2.65. The number of hydrogen-bond acceptors (Lipinski definition) is 1. The maximum Gasteiger partial charge on any atom is 0.147 e. The van der Waals surface area contributed by atoms with Crippen molar-refractivity contribution >= 4 is 28.3 Å². The van der Waals surface area contributed by atoms with Gasteiger partial charge in [-0.25, -0.2) is 8.78 Å². The third-order valence-electron chi connectivity index (χ3n) is 2.44. The number of hydrogen-bond donors (Lipinski definition) is 0. The van der Waals surface area contributed by atoms with Gasteiger partial charge in [0.2, 0.25) is 0 Å². The molecule has 1 saturated heterocycles. The molecular formula is C10H10F2IN. The van der Waals surface area contributed by atoms with Gasteiger partial charge in [-0.15, -0.1) is 0 Å². The maximum atomic E-state index is 13.5. The molecule has 2 rings (SSSR count). The fraction of sp³-hybridized carbons (Fsp3) is 0.400. The Morgan fingerprint density at radius 1 is 1.07 bits per heavy atom. The summed E-state index contributed by atoms with van der Waals surface area (Å²) in [6.07, 6.45) is 2.12. The van der Waals surface area contributed by atoms with E-state index in [9.17, 15) is 8.78 Å². The minimum atomic E-state index is -0.339. The summed E-state index contributed by atoms with van der Waals surface area (Å²) in [6.45, 7) is 1.66. The summed E-state index contributed by atoms with van der Waals surface area (Å²) in [4.78, 5) is 1.92. The molecule has 0 aromatic heterocycles. The van der Waals surface area contributed by atoms with Crippen LogP contribution in [0.2, 0.25) is 0 Å². The Balaban J connectivity index is 2.44. The van der Waals surface area contributed by atoms with Crippen LogP contribution >= 0.6 is 22.6 Å². The third kappa shape index (κ3) is 1.71. The fourth-order valence-corrected chi connectivity index (χ4v) is 2.53. The van der Waals surface area contributed by atoms with Crippen molar-refractivity contribution in [3.8, 4) is 0 Å². The van der Waals surface area contributed by atoms with Gasteiger partial charge in [-0.2, -0.15) is 0 Å². The molecule has 1 nitrogen and oxygen atoms in total. The second-order valence-electron chi connectivity index (χ2n) is 3.39. The van der Waals surface area contributed by atoms with Gasteiger partial charge in [-0.1, -0.05) is 0 Å². The Labute approximate surface area is 95.2 Å².